The number of nitrogens with one attached hydrogen (secondary N) is 1. The molecule has 2 aromatic carbocycles. The van der Waals surface area contributed by atoms with Crippen molar-refractivity contribution in [3.05, 3.63) is 59.7 Å². The molecule has 1 atom stereocenters. The summed E-state index contributed by atoms with van der Waals surface area (Å²) in [4.78, 5) is 40.8. The second-order valence-electron chi connectivity index (χ2n) is 7.88. The van der Waals surface area contributed by atoms with E-state index in [-0.39, 0.29) is 5.56 Å². The number of esters is 1. The van der Waals surface area contributed by atoms with Gasteiger partial charge in [-0.15, -0.1) is 0 Å². The monoisotopic (exact) mass is 396 g/mol. The number of amides is 2. The second-order valence-corrected chi connectivity index (χ2v) is 7.88. The topological polar surface area (TPSA) is 84.9 Å². The molecular formula is C22H24N2O5. The maximum Gasteiger partial charge on any atom is 0.340 e. The van der Waals surface area contributed by atoms with Gasteiger partial charge in [0.2, 0.25) is 0 Å². The lowest BCUT2D eigenvalue weighted by atomic mass is 9.92. The lowest BCUT2D eigenvalue weighted by Crippen LogP contribution is -2.57. The summed E-state index contributed by atoms with van der Waals surface area (Å²) in [5.41, 5.74) is -1.68. The van der Waals surface area contributed by atoms with Gasteiger partial charge in [0.15, 0.2) is 0 Å². The summed E-state index contributed by atoms with van der Waals surface area (Å²) in [5.74, 6) is -1.52. The summed E-state index contributed by atoms with van der Waals surface area (Å²) in [6, 6.07) is 13.0. The molecule has 1 unspecified atom stereocenters. The van der Waals surface area contributed by atoms with Crippen LogP contribution in [0, 0.1) is 0 Å². The van der Waals surface area contributed by atoms with Gasteiger partial charge >= 0.3 is 5.97 Å². The molecule has 3 rings (SSSR count). The summed E-state index contributed by atoms with van der Waals surface area (Å²) in [6.07, 6.45) is 0. The minimum atomic E-state index is -2.10. The molecule has 7 nitrogen and oxygen atoms in total. The van der Waals surface area contributed by atoms with Crippen LogP contribution >= 0.6 is 0 Å². The average molecular weight is 396 g/mol. The number of anilines is 1. The molecule has 0 saturated heterocycles. The standard InChI is InChI=1S/C22H24N2O5/c1-21(2,3)23-19(26)22(16-8-6-7-9-17(16)24(4)20(22)27)29-18(25)14-10-12-15(28-5)13-11-14/h6-13H,1-5H3,(H,23,26). The molecule has 0 spiro atoms. The number of ether oxygens (including phenoxy) is 2. The number of carbonyl (C=O) groups excluding carboxylic acids is 3. The van der Waals surface area contributed by atoms with Crippen LogP contribution in [0.15, 0.2) is 48.5 Å². The number of rotatable bonds is 4. The smallest absolute Gasteiger partial charge is 0.340 e. The van der Waals surface area contributed by atoms with Crippen LogP contribution in [0.1, 0.15) is 36.7 Å². The zero-order valence-corrected chi connectivity index (χ0v) is 17.1. The van der Waals surface area contributed by atoms with Crippen molar-refractivity contribution in [2.75, 3.05) is 19.1 Å². The number of para-hydroxylation sites is 1. The SMILES string of the molecule is COc1ccc(C(=O)OC2(C(=O)NC(C)(C)C)C(=O)N(C)c3ccccc32)cc1. The molecule has 0 radical (unpaired) electrons. The molecule has 2 aromatic rings. The molecule has 2 amide bonds. The summed E-state index contributed by atoms with van der Waals surface area (Å²) in [7, 11) is 3.07. The maximum atomic E-state index is 13.3. The van der Waals surface area contributed by atoms with Crippen molar-refractivity contribution in [3.63, 3.8) is 0 Å². The molecule has 0 aliphatic carbocycles. The van der Waals surface area contributed by atoms with Gasteiger partial charge in [-0.1, -0.05) is 18.2 Å². The third-order valence-corrected chi connectivity index (χ3v) is 4.63. The van der Waals surface area contributed by atoms with E-state index in [4.69, 9.17) is 9.47 Å². The second kappa shape index (κ2) is 7.24. The highest BCUT2D eigenvalue weighted by Gasteiger charge is 2.59. The van der Waals surface area contributed by atoms with E-state index in [0.717, 1.165) is 0 Å². The number of likely N-dealkylation sites (N-methyl/N-ethyl adjacent to an activating group) is 1. The first kappa shape index (κ1) is 20.4. The maximum absolute atomic E-state index is 13.3. The molecule has 1 heterocycles. The Bertz CT molecular complexity index is 962. The number of benzene rings is 2. The van der Waals surface area contributed by atoms with Crippen molar-refractivity contribution in [3.8, 4) is 5.75 Å². The quantitative estimate of drug-likeness (QED) is 0.634. The number of hydrogen-bond acceptors (Lipinski definition) is 5. The van der Waals surface area contributed by atoms with E-state index in [2.05, 4.69) is 5.32 Å². The number of carbonyl (C=O) groups is 3. The predicted molar refractivity (Wildman–Crippen MR) is 108 cm³/mol. The largest absolute Gasteiger partial charge is 0.497 e. The Hall–Kier alpha value is -3.35. The lowest BCUT2D eigenvalue weighted by molar-refractivity contribution is -0.153. The Morgan fingerprint density at radius 3 is 2.24 bits per heavy atom. The highest BCUT2D eigenvalue weighted by atomic mass is 16.6. The van der Waals surface area contributed by atoms with Crippen LogP contribution in [0.25, 0.3) is 0 Å². The van der Waals surface area contributed by atoms with Gasteiger partial charge in [-0.05, 0) is 51.1 Å². The molecule has 1 aliphatic heterocycles. The van der Waals surface area contributed by atoms with Crippen LogP contribution in [0.4, 0.5) is 5.69 Å². The van der Waals surface area contributed by atoms with Crippen molar-refractivity contribution in [1.29, 1.82) is 0 Å². The van der Waals surface area contributed by atoms with Crippen molar-refractivity contribution >= 4 is 23.5 Å². The van der Waals surface area contributed by atoms with Gasteiger partial charge in [-0.2, -0.15) is 0 Å². The molecule has 1 N–H and O–H groups in total. The van der Waals surface area contributed by atoms with Crippen LogP contribution in [-0.4, -0.2) is 37.5 Å². The zero-order valence-electron chi connectivity index (χ0n) is 17.1. The summed E-state index contributed by atoms with van der Waals surface area (Å²) in [5, 5.41) is 2.79. The molecule has 7 heteroatoms. The minimum Gasteiger partial charge on any atom is -0.497 e. The Morgan fingerprint density at radius 2 is 1.66 bits per heavy atom. The van der Waals surface area contributed by atoms with E-state index in [1.807, 2.05) is 0 Å². The molecule has 152 valence electrons. The molecule has 0 fully saturated rings. The van der Waals surface area contributed by atoms with Crippen LogP contribution in [0.3, 0.4) is 0 Å². The first-order valence-electron chi connectivity index (χ1n) is 9.18. The van der Waals surface area contributed by atoms with Crippen LogP contribution in [0.2, 0.25) is 0 Å². The van der Waals surface area contributed by atoms with E-state index in [1.54, 1.807) is 64.2 Å². The Balaban J connectivity index is 2.08. The fourth-order valence-electron chi connectivity index (χ4n) is 3.24. The van der Waals surface area contributed by atoms with E-state index in [0.29, 0.717) is 17.0 Å². The summed E-state index contributed by atoms with van der Waals surface area (Å²) < 4.78 is 10.8. The van der Waals surface area contributed by atoms with E-state index in [9.17, 15) is 14.4 Å². The first-order chi connectivity index (χ1) is 13.6. The molecule has 29 heavy (non-hydrogen) atoms. The summed E-state index contributed by atoms with van der Waals surface area (Å²) in [6.45, 7) is 5.37. The Morgan fingerprint density at radius 1 is 1.03 bits per heavy atom. The molecular weight excluding hydrogens is 372 g/mol. The van der Waals surface area contributed by atoms with Gasteiger partial charge in [0.05, 0.1) is 18.4 Å². The lowest BCUT2D eigenvalue weighted by Gasteiger charge is -2.31. The number of methoxy groups -OCH3 is 1. The van der Waals surface area contributed by atoms with Crippen molar-refractivity contribution in [2.24, 2.45) is 0 Å². The van der Waals surface area contributed by atoms with Crippen LogP contribution in [0.5, 0.6) is 5.75 Å². The average Bonchev–Trinajstić information content (AvgIpc) is 2.90. The zero-order chi connectivity index (χ0) is 21.4. The van der Waals surface area contributed by atoms with Gasteiger partial charge in [0.1, 0.15) is 5.75 Å². The van der Waals surface area contributed by atoms with Crippen LogP contribution < -0.4 is 15.0 Å². The normalized spacial score (nSPS) is 18.2. The number of fused-ring (bicyclic) bond motifs is 1. The predicted octanol–water partition coefficient (Wildman–Crippen LogP) is 2.64. The fourth-order valence-corrected chi connectivity index (χ4v) is 3.24. The third kappa shape index (κ3) is 3.55. The molecule has 0 bridgehead atoms. The van der Waals surface area contributed by atoms with Gasteiger partial charge in [-0.3, -0.25) is 9.59 Å². The number of nitrogens with zero attached hydrogens (tertiary/aromatic N) is 1. The van der Waals surface area contributed by atoms with Gasteiger partial charge in [-0.25, -0.2) is 4.79 Å². The van der Waals surface area contributed by atoms with Crippen molar-refractivity contribution in [2.45, 2.75) is 31.9 Å². The number of hydrogen-bond donors (Lipinski definition) is 1. The van der Waals surface area contributed by atoms with Crippen molar-refractivity contribution in [1.82, 2.24) is 5.32 Å². The van der Waals surface area contributed by atoms with E-state index < -0.39 is 28.9 Å². The molecule has 1 aliphatic rings. The third-order valence-electron chi connectivity index (χ3n) is 4.63. The van der Waals surface area contributed by atoms with Crippen molar-refractivity contribution < 1.29 is 23.9 Å². The van der Waals surface area contributed by atoms with E-state index in [1.165, 1.54) is 24.1 Å². The van der Waals surface area contributed by atoms with Gasteiger partial charge in [0.25, 0.3) is 17.4 Å². The van der Waals surface area contributed by atoms with E-state index >= 15 is 0 Å². The first-order valence-corrected chi connectivity index (χ1v) is 9.18. The van der Waals surface area contributed by atoms with Crippen LogP contribution in [-0.2, 0) is 19.9 Å². The van der Waals surface area contributed by atoms with Gasteiger partial charge in [0, 0.05) is 18.2 Å². The highest BCUT2D eigenvalue weighted by Crippen LogP contribution is 2.43. The fraction of sp³-hybridized carbons (Fsp3) is 0.318. The highest BCUT2D eigenvalue weighted by molar-refractivity contribution is 6.21. The van der Waals surface area contributed by atoms with Gasteiger partial charge < -0.3 is 19.7 Å². The Labute approximate surface area is 169 Å². The molecule has 0 saturated carbocycles. The Kier molecular flexibility index (Phi) is 5.09. The minimum absolute atomic E-state index is 0.202. The molecule has 0 aromatic heterocycles. The summed E-state index contributed by atoms with van der Waals surface area (Å²) >= 11 is 0.